The second-order valence-corrected chi connectivity index (χ2v) is 4.43. The summed E-state index contributed by atoms with van der Waals surface area (Å²) in [5, 5.41) is 6.16. The Morgan fingerprint density at radius 1 is 1.32 bits per heavy atom. The minimum Gasteiger partial charge on any atom is -0.462 e. The Labute approximate surface area is 127 Å². The van der Waals surface area contributed by atoms with Gasteiger partial charge in [0.25, 0.3) is 5.91 Å². The van der Waals surface area contributed by atoms with E-state index in [0.717, 1.165) is 5.56 Å². The number of ether oxygens (including phenoxy) is 1. The van der Waals surface area contributed by atoms with Crippen LogP contribution in [0.1, 0.15) is 28.5 Å². The van der Waals surface area contributed by atoms with Gasteiger partial charge in [-0.3, -0.25) is 10.1 Å². The van der Waals surface area contributed by atoms with Gasteiger partial charge in [0.05, 0.1) is 12.3 Å². The first kappa shape index (κ1) is 15.5. The van der Waals surface area contributed by atoms with Crippen molar-refractivity contribution >= 4 is 23.8 Å². The topological polar surface area (TPSA) is 81.4 Å². The fourth-order valence-corrected chi connectivity index (χ4v) is 1.79. The predicted octanol–water partition coefficient (Wildman–Crippen LogP) is 2.81. The molecule has 0 aliphatic carbocycles. The third-order valence-electron chi connectivity index (χ3n) is 2.81. The Balaban J connectivity index is 2.09. The zero-order valence-corrected chi connectivity index (χ0v) is 12.3. The number of hydrogen-bond acceptors (Lipinski definition) is 5. The number of esters is 1. The highest BCUT2D eigenvalue weighted by Gasteiger charge is 2.22. The Morgan fingerprint density at radius 3 is 2.73 bits per heavy atom. The summed E-state index contributed by atoms with van der Waals surface area (Å²) in [6, 6.07) is 9.37. The van der Waals surface area contributed by atoms with Crippen LogP contribution in [0.2, 0.25) is 0 Å². The van der Waals surface area contributed by atoms with Gasteiger partial charge in [0, 0.05) is 6.08 Å². The van der Waals surface area contributed by atoms with E-state index in [-0.39, 0.29) is 18.1 Å². The molecule has 0 aliphatic rings. The molecule has 1 amide bonds. The number of hydrogen-bond donors (Lipinski definition) is 1. The molecule has 1 heterocycles. The molecule has 1 N–H and O–H groups in total. The van der Waals surface area contributed by atoms with E-state index in [4.69, 9.17) is 9.26 Å². The highest BCUT2D eigenvalue weighted by molar-refractivity contribution is 6.05. The van der Waals surface area contributed by atoms with Crippen LogP contribution in [0.5, 0.6) is 0 Å². The van der Waals surface area contributed by atoms with Gasteiger partial charge in [-0.2, -0.15) is 0 Å². The number of carbonyl (C=O) groups excluding carboxylic acids is 2. The minimum absolute atomic E-state index is 0.0151. The maximum Gasteiger partial charge on any atom is 0.345 e. The zero-order valence-electron chi connectivity index (χ0n) is 12.3. The van der Waals surface area contributed by atoms with Gasteiger partial charge in [-0.1, -0.05) is 35.5 Å². The van der Waals surface area contributed by atoms with Crippen LogP contribution < -0.4 is 5.32 Å². The first-order valence-electron chi connectivity index (χ1n) is 6.79. The van der Waals surface area contributed by atoms with E-state index < -0.39 is 11.9 Å². The lowest BCUT2D eigenvalue weighted by Crippen LogP contribution is -2.13. The van der Waals surface area contributed by atoms with E-state index in [9.17, 15) is 9.59 Å². The molecule has 114 valence electrons. The Morgan fingerprint density at radius 2 is 2.05 bits per heavy atom. The SMILES string of the molecule is CCOC(=O)c1c(C)noc1NC(=O)/C=C/c1ccccc1. The van der Waals surface area contributed by atoms with Crippen LogP contribution in [0.4, 0.5) is 5.88 Å². The molecule has 0 spiro atoms. The smallest absolute Gasteiger partial charge is 0.345 e. The third kappa shape index (κ3) is 3.82. The molecule has 0 atom stereocenters. The summed E-state index contributed by atoms with van der Waals surface area (Å²) in [6.07, 6.45) is 3.00. The molecular weight excluding hydrogens is 284 g/mol. The van der Waals surface area contributed by atoms with Crippen LogP contribution in [0.25, 0.3) is 6.08 Å². The first-order valence-corrected chi connectivity index (χ1v) is 6.79. The average Bonchev–Trinajstić information content (AvgIpc) is 2.87. The predicted molar refractivity (Wildman–Crippen MR) is 81.3 cm³/mol. The van der Waals surface area contributed by atoms with Crippen molar-refractivity contribution < 1.29 is 18.8 Å². The molecule has 22 heavy (non-hydrogen) atoms. The molecule has 1 aromatic carbocycles. The van der Waals surface area contributed by atoms with Crippen molar-refractivity contribution in [1.29, 1.82) is 0 Å². The maximum absolute atomic E-state index is 11.9. The van der Waals surface area contributed by atoms with E-state index in [1.807, 2.05) is 30.3 Å². The second kappa shape index (κ2) is 7.21. The van der Waals surface area contributed by atoms with Crippen LogP contribution in [-0.4, -0.2) is 23.6 Å². The number of benzene rings is 1. The number of anilines is 1. The van der Waals surface area contributed by atoms with Crippen molar-refractivity contribution in [3.63, 3.8) is 0 Å². The van der Waals surface area contributed by atoms with Crippen LogP contribution >= 0.6 is 0 Å². The van der Waals surface area contributed by atoms with E-state index in [0.29, 0.717) is 5.69 Å². The van der Waals surface area contributed by atoms with Gasteiger partial charge < -0.3 is 9.26 Å². The molecular formula is C16H16N2O4. The van der Waals surface area contributed by atoms with E-state index in [2.05, 4.69) is 10.5 Å². The lowest BCUT2D eigenvalue weighted by Gasteiger charge is -2.02. The molecule has 0 radical (unpaired) electrons. The van der Waals surface area contributed by atoms with Crippen molar-refractivity contribution in [2.75, 3.05) is 11.9 Å². The number of aryl methyl sites for hydroxylation is 1. The summed E-state index contributed by atoms with van der Waals surface area (Å²) in [5.41, 5.74) is 1.38. The minimum atomic E-state index is -0.580. The number of nitrogens with one attached hydrogen (secondary N) is 1. The molecule has 0 bridgehead atoms. The van der Waals surface area contributed by atoms with Crippen molar-refractivity contribution in [3.05, 3.63) is 53.2 Å². The largest absolute Gasteiger partial charge is 0.462 e. The Kier molecular flexibility index (Phi) is 5.08. The van der Waals surface area contributed by atoms with Gasteiger partial charge in [-0.25, -0.2) is 4.79 Å². The molecule has 2 aromatic rings. The lowest BCUT2D eigenvalue weighted by molar-refractivity contribution is -0.112. The molecule has 2 rings (SSSR count). The first-order chi connectivity index (χ1) is 10.6. The van der Waals surface area contributed by atoms with Gasteiger partial charge in [0.15, 0.2) is 0 Å². The van der Waals surface area contributed by atoms with Gasteiger partial charge in [-0.15, -0.1) is 0 Å². The summed E-state index contributed by atoms with van der Waals surface area (Å²) in [6.45, 7) is 3.53. The molecule has 0 saturated heterocycles. The molecule has 0 unspecified atom stereocenters. The van der Waals surface area contributed by atoms with Gasteiger partial charge >= 0.3 is 5.97 Å². The summed E-state index contributed by atoms with van der Waals surface area (Å²) in [4.78, 5) is 23.7. The number of carbonyl (C=O) groups is 2. The van der Waals surface area contributed by atoms with Crippen molar-refractivity contribution in [1.82, 2.24) is 5.16 Å². The molecule has 0 aliphatic heterocycles. The monoisotopic (exact) mass is 300 g/mol. The average molecular weight is 300 g/mol. The molecule has 0 fully saturated rings. The normalized spacial score (nSPS) is 10.6. The fourth-order valence-electron chi connectivity index (χ4n) is 1.79. The molecule has 1 aromatic heterocycles. The quantitative estimate of drug-likeness (QED) is 0.678. The molecule has 6 heteroatoms. The van der Waals surface area contributed by atoms with Crippen molar-refractivity contribution in [2.45, 2.75) is 13.8 Å². The summed E-state index contributed by atoms with van der Waals surface area (Å²) >= 11 is 0. The highest BCUT2D eigenvalue weighted by atomic mass is 16.5. The third-order valence-corrected chi connectivity index (χ3v) is 2.81. The fraction of sp³-hybridized carbons (Fsp3) is 0.188. The van der Waals surface area contributed by atoms with Crippen LogP contribution in [0, 0.1) is 6.92 Å². The van der Waals surface area contributed by atoms with E-state index >= 15 is 0 Å². The number of amides is 1. The number of aromatic nitrogens is 1. The maximum atomic E-state index is 11.9. The molecule has 6 nitrogen and oxygen atoms in total. The van der Waals surface area contributed by atoms with Crippen molar-refractivity contribution in [3.8, 4) is 0 Å². The van der Waals surface area contributed by atoms with Crippen LogP contribution in [0.15, 0.2) is 40.9 Å². The van der Waals surface area contributed by atoms with Gasteiger partial charge in [0.1, 0.15) is 5.56 Å². The number of rotatable bonds is 5. The van der Waals surface area contributed by atoms with Crippen LogP contribution in [0.3, 0.4) is 0 Å². The summed E-state index contributed by atoms with van der Waals surface area (Å²) in [7, 11) is 0. The Hall–Kier alpha value is -2.89. The summed E-state index contributed by atoms with van der Waals surface area (Å²) < 4.78 is 9.88. The van der Waals surface area contributed by atoms with E-state index in [1.165, 1.54) is 6.08 Å². The Bertz CT molecular complexity index is 689. The summed E-state index contributed by atoms with van der Waals surface area (Å²) in [5.74, 6) is -1.02. The second-order valence-electron chi connectivity index (χ2n) is 4.43. The lowest BCUT2D eigenvalue weighted by atomic mass is 10.2. The molecule has 0 saturated carbocycles. The van der Waals surface area contributed by atoms with E-state index in [1.54, 1.807) is 19.9 Å². The zero-order chi connectivity index (χ0) is 15.9. The number of nitrogens with zero attached hydrogens (tertiary/aromatic N) is 1. The van der Waals surface area contributed by atoms with Crippen molar-refractivity contribution in [2.24, 2.45) is 0 Å². The van der Waals surface area contributed by atoms with Crippen LogP contribution in [-0.2, 0) is 9.53 Å². The standard InChI is InChI=1S/C16H16N2O4/c1-3-21-16(20)14-11(2)18-22-15(14)17-13(19)10-9-12-7-5-4-6-8-12/h4-10H,3H2,1-2H3,(H,17,19)/b10-9+. The van der Waals surface area contributed by atoms with Gasteiger partial charge in [0.2, 0.25) is 5.88 Å². The van der Waals surface area contributed by atoms with Gasteiger partial charge in [-0.05, 0) is 25.5 Å². The highest BCUT2D eigenvalue weighted by Crippen LogP contribution is 2.20.